The number of aromatic nitrogens is 2. The Morgan fingerprint density at radius 1 is 0.943 bits per heavy atom. The summed E-state index contributed by atoms with van der Waals surface area (Å²) in [6.45, 7) is 6.26. The minimum absolute atomic E-state index is 0.0145. The second-order valence-electron chi connectivity index (χ2n) is 13.0. The number of anilines is 3. The van der Waals surface area contributed by atoms with E-state index in [0.29, 0.717) is 49.4 Å². The van der Waals surface area contributed by atoms with Crippen LogP contribution in [0.5, 0.6) is 17.2 Å². The number of hydrogen-bond acceptors (Lipinski definition) is 13. The van der Waals surface area contributed by atoms with Gasteiger partial charge in [0.15, 0.2) is 18.1 Å². The number of benzene rings is 2. The smallest absolute Gasteiger partial charge is 0.266 e. The molecule has 3 aromatic rings. The van der Waals surface area contributed by atoms with Crippen molar-refractivity contribution in [3.63, 3.8) is 0 Å². The summed E-state index contributed by atoms with van der Waals surface area (Å²) in [5.74, 6) is -0.553. The summed E-state index contributed by atoms with van der Waals surface area (Å²) in [4.78, 5) is 75.2. The Bertz CT molecular complexity index is 1860. The fourth-order valence-electron chi connectivity index (χ4n) is 6.52. The molecule has 3 aliphatic rings. The molecule has 3 aliphatic heterocycles. The summed E-state index contributed by atoms with van der Waals surface area (Å²) in [6, 6.07) is 10.8. The number of nitrogens with one attached hydrogen (secondary N) is 4. The zero-order valence-corrected chi connectivity index (χ0v) is 29.9. The van der Waals surface area contributed by atoms with Crippen LogP contribution in [0.15, 0.2) is 42.5 Å². The summed E-state index contributed by atoms with van der Waals surface area (Å²) in [7, 11) is 1.62. The molecule has 0 saturated carbocycles. The molecule has 4 heterocycles. The molecule has 1 atom stereocenters. The van der Waals surface area contributed by atoms with Crippen molar-refractivity contribution >= 4 is 47.0 Å². The molecule has 0 spiro atoms. The van der Waals surface area contributed by atoms with Crippen LogP contribution in [-0.2, 0) is 14.4 Å². The summed E-state index contributed by atoms with van der Waals surface area (Å²) >= 11 is 0. The lowest BCUT2D eigenvalue weighted by Gasteiger charge is -2.27. The number of carbonyl (C=O) groups excluding carboxylic acids is 5. The van der Waals surface area contributed by atoms with Gasteiger partial charge in [0.1, 0.15) is 17.6 Å². The molecule has 6 rings (SSSR count). The average Bonchev–Trinajstić information content (AvgIpc) is 3.75. The molecule has 5 amide bonds. The molecule has 2 fully saturated rings. The first-order valence-corrected chi connectivity index (χ1v) is 17.8. The van der Waals surface area contributed by atoms with Gasteiger partial charge in [-0.2, -0.15) is 4.98 Å². The predicted molar refractivity (Wildman–Crippen MR) is 194 cm³/mol. The van der Waals surface area contributed by atoms with Gasteiger partial charge in [0.05, 0.1) is 24.8 Å². The molecule has 1 aromatic heterocycles. The Labute approximate surface area is 306 Å². The Morgan fingerprint density at radius 3 is 2.57 bits per heavy atom. The summed E-state index contributed by atoms with van der Waals surface area (Å²) < 4.78 is 17.2. The number of fused-ring (bicyclic) bond motifs is 1. The second-order valence-corrected chi connectivity index (χ2v) is 13.0. The van der Waals surface area contributed by atoms with Gasteiger partial charge in [-0.15, -0.1) is 0 Å². The fourth-order valence-corrected chi connectivity index (χ4v) is 6.52. The standard InChI is InChI=1S/C37H44N8O8/c1-23-20-30(42-37(40-23)41-24-10-12-27(51-2)29(21-24)52-19-7-18-44-16-3-4-17-44)38-14-6-15-39-32(47)22-53-28-9-5-8-25-33(28)36(50)45(35(25)49)26-11-13-31(46)43-34(26)48/h5,8-10,12,20-21,26H,3-4,6-7,11,13-19,22H2,1-2H3,(H,39,47)(H,43,46,48)(H2,38,40,41,42). The average molecular weight is 729 g/mol. The van der Waals surface area contributed by atoms with Crippen molar-refractivity contribution in [1.82, 2.24) is 30.4 Å². The number of ether oxygens (including phenoxy) is 3. The molecule has 0 bridgehead atoms. The van der Waals surface area contributed by atoms with E-state index in [1.165, 1.54) is 31.0 Å². The van der Waals surface area contributed by atoms with E-state index in [4.69, 9.17) is 14.2 Å². The Balaban J connectivity index is 0.944. The molecule has 0 radical (unpaired) electrons. The highest BCUT2D eigenvalue weighted by atomic mass is 16.5. The number of methoxy groups -OCH3 is 1. The third-order valence-electron chi connectivity index (χ3n) is 9.12. The number of piperidine rings is 1. The van der Waals surface area contributed by atoms with Crippen LogP contribution in [0.3, 0.4) is 0 Å². The third kappa shape index (κ3) is 9.18. The lowest BCUT2D eigenvalue weighted by Crippen LogP contribution is -2.54. The molecule has 16 nitrogen and oxygen atoms in total. The van der Waals surface area contributed by atoms with Crippen LogP contribution in [0.4, 0.5) is 17.5 Å². The SMILES string of the molecule is COc1ccc(Nc2nc(C)cc(NCCCNC(=O)COc3cccc4c3C(=O)N(C3CCC(=O)NC3=O)C4=O)n2)cc1OCCCN1CCCC1. The van der Waals surface area contributed by atoms with Gasteiger partial charge < -0.3 is 35.1 Å². The molecule has 4 N–H and O–H groups in total. The number of amides is 5. The van der Waals surface area contributed by atoms with Crippen molar-refractivity contribution < 1.29 is 38.2 Å². The van der Waals surface area contributed by atoms with Crippen molar-refractivity contribution in [2.45, 2.75) is 51.5 Å². The van der Waals surface area contributed by atoms with Gasteiger partial charge in [0, 0.05) is 49.6 Å². The Hall–Kier alpha value is -5.77. The van der Waals surface area contributed by atoms with Gasteiger partial charge in [0.25, 0.3) is 17.7 Å². The lowest BCUT2D eigenvalue weighted by atomic mass is 10.0. The van der Waals surface area contributed by atoms with E-state index < -0.39 is 35.6 Å². The van der Waals surface area contributed by atoms with Crippen LogP contribution in [0, 0.1) is 6.92 Å². The maximum Gasteiger partial charge on any atom is 0.266 e. The van der Waals surface area contributed by atoms with E-state index in [-0.39, 0.29) is 36.3 Å². The number of hydrogen-bond donors (Lipinski definition) is 4. The van der Waals surface area contributed by atoms with E-state index in [0.717, 1.165) is 42.3 Å². The predicted octanol–water partition coefficient (Wildman–Crippen LogP) is 2.80. The van der Waals surface area contributed by atoms with Gasteiger partial charge in [0.2, 0.25) is 17.8 Å². The van der Waals surface area contributed by atoms with E-state index in [1.807, 2.05) is 31.2 Å². The Kier molecular flexibility index (Phi) is 12.0. The number of carbonyl (C=O) groups is 5. The van der Waals surface area contributed by atoms with Gasteiger partial charge in [-0.05, 0) is 76.4 Å². The maximum atomic E-state index is 13.2. The number of rotatable bonds is 17. The van der Waals surface area contributed by atoms with Crippen LogP contribution in [-0.4, -0.2) is 108 Å². The quantitative estimate of drug-likeness (QED) is 0.117. The molecule has 2 saturated heterocycles. The third-order valence-corrected chi connectivity index (χ3v) is 9.12. The molecule has 53 heavy (non-hydrogen) atoms. The largest absolute Gasteiger partial charge is 0.493 e. The van der Waals surface area contributed by atoms with Gasteiger partial charge in [-0.25, -0.2) is 4.98 Å². The monoisotopic (exact) mass is 728 g/mol. The summed E-state index contributed by atoms with van der Waals surface area (Å²) in [6.07, 6.45) is 4.09. The zero-order valence-electron chi connectivity index (χ0n) is 29.9. The van der Waals surface area contributed by atoms with Gasteiger partial charge in [-0.1, -0.05) is 6.07 Å². The van der Waals surface area contributed by atoms with Crippen LogP contribution >= 0.6 is 0 Å². The van der Waals surface area contributed by atoms with Crippen molar-refractivity contribution in [2.75, 3.05) is 63.7 Å². The van der Waals surface area contributed by atoms with Crippen molar-refractivity contribution in [1.29, 1.82) is 0 Å². The maximum absolute atomic E-state index is 13.2. The molecule has 0 aliphatic carbocycles. The van der Waals surface area contributed by atoms with Gasteiger partial charge >= 0.3 is 0 Å². The van der Waals surface area contributed by atoms with Crippen molar-refractivity contribution in [3.8, 4) is 17.2 Å². The highest BCUT2D eigenvalue weighted by molar-refractivity contribution is 6.24. The minimum Gasteiger partial charge on any atom is -0.493 e. The first kappa shape index (κ1) is 37.0. The first-order valence-electron chi connectivity index (χ1n) is 17.8. The zero-order chi connectivity index (χ0) is 37.3. The normalized spacial score (nSPS) is 17.0. The van der Waals surface area contributed by atoms with Crippen LogP contribution in [0.1, 0.15) is 64.9 Å². The van der Waals surface area contributed by atoms with Crippen molar-refractivity contribution in [2.24, 2.45) is 0 Å². The van der Waals surface area contributed by atoms with E-state index in [9.17, 15) is 24.0 Å². The molecule has 16 heteroatoms. The molecule has 1 unspecified atom stereocenters. The van der Waals surface area contributed by atoms with E-state index in [2.05, 4.69) is 36.1 Å². The van der Waals surface area contributed by atoms with Crippen LogP contribution < -0.4 is 35.5 Å². The fraction of sp³-hybridized carbons (Fsp3) is 0.432. The Morgan fingerprint density at radius 2 is 1.77 bits per heavy atom. The van der Waals surface area contributed by atoms with E-state index >= 15 is 0 Å². The van der Waals surface area contributed by atoms with Gasteiger partial charge in [-0.3, -0.25) is 34.2 Å². The summed E-state index contributed by atoms with van der Waals surface area (Å²) in [5.41, 5.74) is 1.57. The second kappa shape index (κ2) is 17.2. The van der Waals surface area contributed by atoms with E-state index in [1.54, 1.807) is 7.11 Å². The molecule has 280 valence electrons. The first-order chi connectivity index (χ1) is 25.7. The van der Waals surface area contributed by atoms with Crippen LogP contribution in [0.25, 0.3) is 0 Å². The highest BCUT2D eigenvalue weighted by Gasteiger charge is 2.46. The number of nitrogens with zero attached hydrogens (tertiary/aromatic N) is 4. The number of likely N-dealkylation sites (tertiary alicyclic amines) is 1. The molecular formula is C37H44N8O8. The highest BCUT2D eigenvalue weighted by Crippen LogP contribution is 2.34. The molecular weight excluding hydrogens is 684 g/mol. The molecule has 2 aromatic carbocycles. The van der Waals surface area contributed by atoms with Crippen LogP contribution in [0.2, 0.25) is 0 Å². The topological polar surface area (TPSA) is 193 Å². The minimum atomic E-state index is -1.10. The number of imide groups is 2. The summed E-state index contributed by atoms with van der Waals surface area (Å²) in [5, 5.41) is 11.5. The van der Waals surface area contributed by atoms with Crippen molar-refractivity contribution in [3.05, 3.63) is 59.3 Å². The lowest BCUT2D eigenvalue weighted by molar-refractivity contribution is -0.136. The number of aryl methyl sites for hydroxylation is 1.